The molecule has 4 aromatic rings. The summed E-state index contributed by atoms with van der Waals surface area (Å²) in [4.78, 5) is 17.9. The van der Waals surface area contributed by atoms with E-state index in [2.05, 4.69) is 34.6 Å². The fourth-order valence-corrected chi connectivity index (χ4v) is 5.52. The fraction of sp³-hybridized carbons (Fsp3) is 0.312. The summed E-state index contributed by atoms with van der Waals surface area (Å²) in [7, 11) is 1.49. The van der Waals surface area contributed by atoms with E-state index >= 15 is 0 Å². The van der Waals surface area contributed by atoms with E-state index in [0.717, 1.165) is 78.7 Å². The number of halogens is 1. The second-order valence-electron chi connectivity index (χ2n) is 10.5. The number of benzene rings is 3. The first-order valence-electron chi connectivity index (χ1n) is 13.5. The fourth-order valence-electron chi connectivity index (χ4n) is 5.31. The summed E-state index contributed by atoms with van der Waals surface area (Å²) in [5.41, 5.74) is 6.03. The van der Waals surface area contributed by atoms with Gasteiger partial charge in [-0.3, -0.25) is 9.78 Å². The van der Waals surface area contributed by atoms with Gasteiger partial charge in [-0.1, -0.05) is 29.8 Å². The zero-order valence-electron chi connectivity index (χ0n) is 21.9. The molecule has 2 fully saturated rings. The van der Waals surface area contributed by atoms with Gasteiger partial charge in [0.05, 0.1) is 28.9 Å². The molecule has 1 aliphatic heterocycles. The van der Waals surface area contributed by atoms with Crippen LogP contribution in [0.2, 0.25) is 5.02 Å². The minimum Gasteiger partial charge on any atom is -0.503 e. The maximum atomic E-state index is 13.3. The van der Waals surface area contributed by atoms with Crippen LogP contribution in [-0.4, -0.2) is 36.2 Å². The number of pyridine rings is 1. The Bertz CT molecular complexity index is 1530. The predicted octanol–water partition coefficient (Wildman–Crippen LogP) is 7.57. The summed E-state index contributed by atoms with van der Waals surface area (Å²) in [6.07, 6.45) is 6.80. The molecular weight excluding hydrogens is 512 g/mol. The van der Waals surface area contributed by atoms with Crippen LogP contribution in [0.1, 0.15) is 41.6 Å². The highest BCUT2D eigenvalue weighted by Gasteiger charge is 2.32. The average Bonchev–Trinajstić information content (AvgIpc) is 3.81. The molecule has 0 radical (unpaired) electrons. The third kappa shape index (κ3) is 5.45. The summed E-state index contributed by atoms with van der Waals surface area (Å²) in [6.45, 7) is 1.70. The number of anilines is 2. The van der Waals surface area contributed by atoms with E-state index in [1.807, 2.05) is 18.2 Å². The molecule has 2 heterocycles. The normalized spacial score (nSPS) is 15.8. The summed E-state index contributed by atoms with van der Waals surface area (Å²) in [5.74, 6) is 1.06. The minimum atomic E-state index is -0.0923. The molecule has 0 unspecified atom stereocenters. The van der Waals surface area contributed by atoms with E-state index in [0.29, 0.717) is 17.2 Å². The van der Waals surface area contributed by atoms with Crippen LogP contribution in [0.15, 0.2) is 60.8 Å². The molecule has 6 nitrogen and oxygen atoms in total. The van der Waals surface area contributed by atoms with Gasteiger partial charge in [-0.25, -0.2) is 0 Å². The van der Waals surface area contributed by atoms with Crippen molar-refractivity contribution in [1.29, 1.82) is 0 Å². The first-order valence-corrected chi connectivity index (χ1v) is 13.9. The van der Waals surface area contributed by atoms with Crippen molar-refractivity contribution in [2.75, 3.05) is 25.6 Å². The van der Waals surface area contributed by atoms with Crippen molar-refractivity contribution in [3.8, 4) is 22.6 Å². The second kappa shape index (κ2) is 10.9. The maximum absolute atomic E-state index is 13.3. The number of nitrogens with one attached hydrogen (secondary N) is 1. The van der Waals surface area contributed by atoms with Crippen LogP contribution in [0, 0.1) is 11.8 Å². The van der Waals surface area contributed by atoms with Gasteiger partial charge in [-0.15, -0.1) is 0 Å². The number of carbonyl (C=O) groups excluding carboxylic acids is 1. The monoisotopic (exact) mass is 542 g/mol. The maximum Gasteiger partial charge on any atom is 0.176 e. The molecule has 0 bridgehead atoms. The molecule has 200 valence electrons. The summed E-state index contributed by atoms with van der Waals surface area (Å²) >= 11 is 6.28. The number of methoxy groups -OCH3 is 1. The summed E-state index contributed by atoms with van der Waals surface area (Å²) in [5, 5.41) is 14.8. The van der Waals surface area contributed by atoms with Gasteiger partial charge in [0.2, 0.25) is 0 Å². The van der Waals surface area contributed by atoms with E-state index in [1.54, 1.807) is 18.3 Å². The van der Waals surface area contributed by atoms with E-state index in [4.69, 9.17) is 21.1 Å². The SMILES string of the molecule is COc1cc(-c2ccc3ncc(C(=O)C4CC4)c(Nc4ccc(CC5CCOCC5)cc4)c3c2)cc(Cl)c1O. The zero-order chi connectivity index (χ0) is 26.9. The Labute approximate surface area is 232 Å². The van der Waals surface area contributed by atoms with E-state index < -0.39 is 0 Å². The smallest absolute Gasteiger partial charge is 0.176 e. The van der Waals surface area contributed by atoms with Gasteiger partial charge in [0, 0.05) is 36.4 Å². The van der Waals surface area contributed by atoms with Crippen molar-refractivity contribution in [2.45, 2.75) is 32.1 Å². The highest BCUT2D eigenvalue weighted by atomic mass is 35.5. The van der Waals surface area contributed by atoms with Crippen LogP contribution in [0.25, 0.3) is 22.0 Å². The molecule has 0 amide bonds. The van der Waals surface area contributed by atoms with Crippen LogP contribution in [0.4, 0.5) is 11.4 Å². The minimum absolute atomic E-state index is 0.0648. The Morgan fingerprint density at radius 3 is 2.54 bits per heavy atom. The molecule has 1 saturated heterocycles. The van der Waals surface area contributed by atoms with Gasteiger partial charge in [-0.05, 0) is 91.1 Å². The Kier molecular flexibility index (Phi) is 7.15. The van der Waals surface area contributed by atoms with Gasteiger partial charge < -0.3 is 19.9 Å². The Hall–Kier alpha value is -3.61. The Morgan fingerprint density at radius 2 is 1.82 bits per heavy atom. The van der Waals surface area contributed by atoms with Gasteiger partial charge in [-0.2, -0.15) is 0 Å². The Balaban J connectivity index is 1.38. The second-order valence-corrected chi connectivity index (χ2v) is 10.9. The molecule has 39 heavy (non-hydrogen) atoms. The number of hydrogen-bond donors (Lipinski definition) is 2. The van der Waals surface area contributed by atoms with Gasteiger partial charge in [0.25, 0.3) is 0 Å². The highest BCUT2D eigenvalue weighted by molar-refractivity contribution is 6.32. The Morgan fingerprint density at radius 1 is 1.05 bits per heavy atom. The van der Waals surface area contributed by atoms with E-state index in [-0.39, 0.29) is 22.5 Å². The molecular formula is C32H31ClN2O4. The number of carbonyl (C=O) groups is 1. The lowest BCUT2D eigenvalue weighted by Crippen LogP contribution is -2.17. The average molecular weight is 543 g/mol. The topological polar surface area (TPSA) is 80.7 Å². The molecule has 1 aromatic heterocycles. The number of phenolic OH excluding ortho intramolecular Hbond substituents is 1. The number of aromatic nitrogens is 1. The standard InChI is InChI=1S/C32H31ClN2O4/c1-38-29-17-23(16-27(33)32(29)37)22-6-9-28-25(15-22)30(26(18-34-28)31(36)21-4-5-21)35-24-7-2-19(3-8-24)14-20-10-12-39-13-11-20/h2-3,6-9,15-18,20-21,37H,4-5,10-14H2,1H3,(H,34,35). The first kappa shape index (κ1) is 25.7. The molecule has 0 atom stereocenters. The van der Waals surface area contributed by atoms with E-state index in [1.165, 1.54) is 12.7 Å². The molecule has 2 aliphatic rings. The van der Waals surface area contributed by atoms with Crippen LogP contribution in [0.5, 0.6) is 11.5 Å². The lowest BCUT2D eigenvalue weighted by molar-refractivity contribution is 0.0665. The largest absolute Gasteiger partial charge is 0.503 e. The van der Waals surface area contributed by atoms with Crippen LogP contribution >= 0.6 is 11.6 Å². The van der Waals surface area contributed by atoms with Crippen molar-refractivity contribution in [3.63, 3.8) is 0 Å². The number of nitrogens with zero attached hydrogens (tertiary/aromatic N) is 1. The lowest BCUT2D eigenvalue weighted by atomic mass is 9.92. The molecule has 3 aromatic carbocycles. The highest BCUT2D eigenvalue weighted by Crippen LogP contribution is 2.41. The summed E-state index contributed by atoms with van der Waals surface area (Å²) in [6, 6.07) is 17.9. The van der Waals surface area contributed by atoms with Crippen molar-refractivity contribution >= 4 is 39.7 Å². The number of fused-ring (bicyclic) bond motifs is 1. The third-order valence-electron chi connectivity index (χ3n) is 7.75. The first-order chi connectivity index (χ1) is 19.0. The van der Waals surface area contributed by atoms with Crippen LogP contribution in [0.3, 0.4) is 0 Å². The quantitative estimate of drug-likeness (QED) is 0.223. The van der Waals surface area contributed by atoms with Crippen molar-refractivity contribution in [3.05, 3.63) is 76.9 Å². The van der Waals surface area contributed by atoms with Crippen molar-refractivity contribution in [1.82, 2.24) is 4.98 Å². The molecule has 1 saturated carbocycles. The van der Waals surface area contributed by atoms with Gasteiger partial charge >= 0.3 is 0 Å². The molecule has 6 rings (SSSR count). The van der Waals surface area contributed by atoms with Gasteiger partial charge in [0.15, 0.2) is 17.3 Å². The van der Waals surface area contributed by atoms with Gasteiger partial charge in [0.1, 0.15) is 0 Å². The summed E-state index contributed by atoms with van der Waals surface area (Å²) < 4.78 is 10.8. The zero-order valence-corrected chi connectivity index (χ0v) is 22.6. The number of Topliss-reactive ketones (excluding diaryl/α,β-unsaturated/α-hetero) is 1. The molecule has 7 heteroatoms. The van der Waals surface area contributed by atoms with Crippen molar-refractivity contribution in [2.24, 2.45) is 11.8 Å². The van der Waals surface area contributed by atoms with Crippen LogP contribution < -0.4 is 10.1 Å². The van der Waals surface area contributed by atoms with Crippen molar-refractivity contribution < 1.29 is 19.4 Å². The number of rotatable bonds is 8. The molecule has 1 aliphatic carbocycles. The third-order valence-corrected chi connectivity index (χ3v) is 8.04. The number of phenols is 1. The predicted molar refractivity (Wildman–Crippen MR) is 154 cm³/mol. The number of ether oxygens (including phenoxy) is 2. The van der Waals surface area contributed by atoms with E-state index in [9.17, 15) is 9.90 Å². The number of ketones is 1. The number of hydrogen-bond acceptors (Lipinski definition) is 6. The number of aromatic hydroxyl groups is 1. The lowest BCUT2D eigenvalue weighted by Gasteiger charge is -2.22. The molecule has 0 spiro atoms. The van der Waals surface area contributed by atoms with Crippen LogP contribution in [-0.2, 0) is 11.2 Å². The molecule has 2 N–H and O–H groups in total.